The Kier molecular flexibility index (Phi) is 3.30. The molecule has 21 heavy (non-hydrogen) atoms. The first-order valence-corrected chi connectivity index (χ1v) is 7.22. The zero-order chi connectivity index (χ0) is 15.1. The molecule has 0 bridgehead atoms. The van der Waals surface area contributed by atoms with Crippen LogP contribution in [0.2, 0.25) is 0 Å². The number of nitrogens with zero attached hydrogens (tertiary/aromatic N) is 2. The molecule has 108 valence electrons. The second-order valence-corrected chi connectivity index (χ2v) is 5.72. The Balaban J connectivity index is 2.36. The minimum absolute atomic E-state index is 0.572. The van der Waals surface area contributed by atoms with Crippen LogP contribution in [-0.4, -0.2) is 14.5 Å². The minimum Gasteiger partial charge on any atom is -0.387 e. The monoisotopic (exact) mass is 280 g/mol. The molecule has 0 fully saturated rings. The third-order valence-corrected chi connectivity index (χ3v) is 3.91. The molecule has 3 rings (SSSR count). The van der Waals surface area contributed by atoms with Crippen molar-refractivity contribution in [2.24, 2.45) is 0 Å². The number of aryl methyl sites for hydroxylation is 3. The van der Waals surface area contributed by atoms with E-state index in [9.17, 15) is 5.11 Å². The zero-order valence-electron chi connectivity index (χ0n) is 12.9. The fraction of sp³-hybridized carbons (Fsp3) is 0.278. The molecule has 0 aliphatic rings. The van der Waals surface area contributed by atoms with Crippen molar-refractivity contribution in [3.05, 3.63) is 58.9 Å². The van der Waals surface area contributed by atoms with Gasteiger partial charge >= 0.3 is 0 Å². The molecule has 0 saturated carbocycles. The third-order valence-electron chi connectivity index (χ3n) is 3.91. The predicted octanol–water partition coefficient (Wildman–Crippen LogP) is 3.98. The lowest BCUT2D eigenvalue weighted by Gasteiger charge is -2.10. The van der Waals surface area contributed by atoms with E-state index in [0.717, 1.165) is 28.2 Å². The highest BCUT2D eigenvalue weighted by molar-refractivity contribution is 5.71. The van der Waals surface area contributed by atoms with Gasteiger partial charge in [0.1, 0.15) is 5.65 Å². The van der Waals surface area contributed by atoms with Crippen LogP contribution < -0.4 is 0 Å². The number of aliphatic hydroxyl groups is 1. The molecule has 1 atom stereocenters. The smallest absolute Gasteiger partial charge is 0.140 e. The summed E-state index contributed by atoms with van der Waals surface area (Å²) < 4.78 is 1.99. The van der Waals surface area contributed by atoms with Gasteiger partial charge in [-0.05, 0) is 44.9 Å². The molecular formula is C18H20N2O. The molecule has 0 spiro atoms. The van der Waals surface area contributed by atoms with Crippen molar-refractivity contribution in [3.63, 3.8) is 0 Å². The van der Waals surface area contributed by atoms with E-state index >= 15 is 0 Å². The Hall–Kier alpha value is -2.13. The van der Waals surface area contributed by atoms with Crippen LogP contribution >= 0.6 is 0 Å². The summed E-state index contributed by atoms with van der Waals surface area (Å²) in [7, 11) is 0. The van der Waals surface area contributed by atoms with Crippen LogP contribution in [0.4, 0.5) is 0 Å². The lowest BCUT2D eigenvalue weighted by molar-refractivity contribution is 0.194. The van der Waals surface area contributed by atoms with Crippen LogP contribution in [0, 0.1) is 20.8 Å². The highest BCUT2D eigenvalue weighted by atomic mass is 16.3. The van der Waals surface area contributed by atoms with E-state index < -0.39 is 6.10 Å². The van der Waals surface area contributed by atoms with Crippen molar-refractivity contribution in [1.29, 1.82) is 0 Å². The maximum atomic E-state index is 10.2. The average Bonchev–Trinajstić information content (AvgIpc) is 2.79. The number of benzene rings is 1. The first kappa shape index (κ1) is 13.8. The number of aliphatic hydroxyl groups excluding tert-OH is 1. The molecule has 3 heteroatoms. The number of fused-ring (bicyclic) bond motifs is 1. The minimum atomic E-state index is -0.572. The molecule has 0 radical (unpaired) electrons. The highest BCUT2D eigenvalue weighted by Gasteiger charge is 2.19. The number of aromatic nitrogens is 2. The summed E-state index contributed by atoms with van der Waals surface area (Å²) in [5.41, 5.74) is 7.23. The van der Waals surface area contributed by atoms with Gasteiger partial charge in [-0.25, -0.2) is 4.98 Å². The Bertz CT molecular complexity index is 815. The maximum absolute atomic E-state index is 10.2. The van der Waals surface area contributed by atoms with E-state index in [0.29, 0.717) is 0 Å². The van der Waals surface area contributed by atoms with E-state index in [4.69, 9.17) is 4.98 Å². The molecule has 3 aromatic rings. The van der Waals surface area contributed by atoms with Gasteiger partial charge in [-0.3, -0.25) is 0 Å². The number of rotatable bonds is 2. The normalized spacial score (nSPS) is 12.8. The number of pyridine rings is 1. The summed E-state index contributed by atoms with van der Waals surface area (Å²) in [6, 6.07) is 10.4. The molecule has 2 heterocycles. The van der Waals surface area contributed by atoms with Gasteiger partial charge in [-0.2, -0.15) is 0 Å². The van der Waals surface area contributed by atoms with E-state index in [1.165, 1.54) is 11.1 Å². The largest absolute Gasteiger partial charge is 0.387 e. The van der Waals surface area contributed by atoms with Gasteiger partial charge in [0, 0.05) is 11.8 Å². The predicted molar refractivity (Wildman–Crippen MR) is 85.5 cm³/mol. The molecular weight excluding hydrogens is 260 g/mol. The van der Waals surface area contributed by atoms with Gasteiger partial charge in [0.05, 0.1) is 17.5 Å². The first-order valence-electron chi connectivity index (χ1n) is 7.22. The molecule has 1 aromatic carbocycles. The standard InChI is InChI=1S/C18H20N2O/c1-11-7-8-15(13(3)10-11)16-17(14(4)21)20-9-5-6-12(2)18(20)19-16/h5-10,14,21H,1-4H3. The Morgan fingerprint density at radius 3 is 2.52 bits per heavy atom. The van der Waals surface area contributed by atoms with Crippen LogP contribution in [-0.2, 0) is 0 Å². The van der Waals surface area contributed by atoms with E-state index in [1.54, 1.807) is 6.92 Å². The summed E-state index contributed by atoms with van der Waals surface area (Å²) >= 11 is 0. The SMILES string of the molecule is Cc1ccc(-c2nc3c(C)cccn3c2C(C)O)c(C)c1. The van der Waals surface area contributed by atoms with Crippen molar-refractivity contribution in [3.8, 4) is 11.3 Å². The first-order chi connectivity index (χ1) is 9.99. The van der Waals surface area contributed by atoms with Gasteiger partial charge in [-0.15, -0.1) is 0 Å². The maximum Gasteiger partial charge on any atom is 0.140 e. The summed E-state index contributed by atoms with van der Waals surface area (Å²) in [4.78, 5) is 4.80. The number of imidazole rings is 1. The van der Waals surface area contributed by atoms with E-state index in [-0.39, 0.29) is 0 Å². The molecule has 2 aromatic heterocycles. The lowest BCUT2D eigenvalue weighted by Crippen LogP contribution is -2.00. The number of hydrogen-bond acceptors (Lipinski definition) is 2. The van der Waals surface area contributed by atoms with Gasteiger partial charge < -0.3 is 9.51 Å². The molecule has 3 nitrogen and oxygen atoms in total. The van der Waals surface area contributed by atoms with Crippen LogP contribution in [0.25, 0.3) is 16.9 Å². The van der Waals surface area contributed by atoms with E-state index in [2.05, 4.69) is 32.0 Å². The number of hydrogen-bond donors (Lipinski definition) is 1. The molecule has 0 aliphatic heterocycles. The molecule has 0 saturated heterocycles. The molecule has 0 amide bonds. The Morgan fingerprint density at radius 1 is 1.10 bits per heavy atom. The Morgan fingerprint density at radius 2 is 1.86 bits per heavy atom. The fourth-order valence-electron chi connectivity index (χ4n) is 2.90. The van der Waals surface area contributed by atoms with Crippen molar-refractivity contribution >= 4 is 5.65 Å². The van der Waals surface area contributed by atoms with Gasteiger partial charge in [0.25, 0.3) is 0 Å². The lowest BCUT2D eigenvalue weighted by atomic mass is 10.0. The van der Waals surface area contributed by atoms with E-state index in [1.807, 2.05) is 29.7 Å². The zero-order valence-corrected chi connectivity index (χ0v) is 12.9. The molecule has 1 unspecified atom stereocenters. The molecule has 0 aliphatic carbocycles. The summed E-state index contributed by atoms with van der Waals surface area (Å²) in [6.45, 7) is 8.00. The quantitative estimate of drug-likeness (QED) is 0.771. The van der Waals surface area contributed by atoms with Crippen LogP contribution in [0.3, 0.4) is 0 Å². The van der Waals surface area contributed by atoms with Crippen molar-refractivity contribution < 1.29 is 5.11 Å². The summed E-state index contributed by atoms with van der Waals surface area (Å²) in [6.07, 6.45) is 1.39. The van der Waals surface area contributed by atoms with Gasteiger partial charge in [0.2, 0.25) is 0 Å². The molecule has 1 N–H and O–H groups in total. The van der Waals surface area contributed by atoms with Crippen molar-refractivity contribution in [2.75, 3.05) is 0 Å². The van der Waals surface area contributed by atoms with Gasteiger partial charge in [-0.1, -0.05) is 29.8 Å². The highest BCUT2D eigenvalue weighted by Crippen LogP contribution is 2.32. The van der Waals surface area contributed by atoms with Crippen LogP contribution in [0.5, 0.6) is 0 Å². The Labute approximate surface area is 124 Å². The van der Waals surface area contributed by atoms with Crippen molar-refractivity contribution in [2.45, 2.75) is 33.8 Å². The second kappa shape index (κ2) is 5.01. The second-order valence-electron chi connectivity index (χ2n) is 5.72. The van der Waals surface area contributed by atoms with Gasteiger partial charge in [0.15, 0.2) is 0 Å². The topological polar surface area (TPSA) is 37.5 Å². The van der Waals surface area contributed by atoms with Crippen LogP contribution in [0.15, 0.2) is 36.5 Å². The third kappa shape index (κ3) is 2.24. The summed E-state index contributed by atoms with van der Waals surface area (Å²) in [5.74, 6) is 0. The average molecular weight is 280 g/mol. The fourth-order valence-corrected chi connectivity index (χ4v) is 2.90. The summed E-state index contributed by atoms with van der Waals surface area (Å²) in [5, 5.41) is 10.2. The van der Waals surface area contributed by atoms with Crippen molar-refractivity contribution in [1.82, 2.24) is 9.38 Å². The van der Waals surface area contributed by atoms with Crippen LogP contribution in [0.1, 0.15) is 35.4 Å².